The number of carbonyl (C=O) groups is 2. The molecule has 1 aromatic heterocycles. The van der Waals surface area contributed by atoms with Crippen LogP contribution in [0.15, 0.2) is 42.5 Å². The van der Waals surface area contributed by atoms with E-state index in [0.717, 1.165) is 23.6 Å². The molecule has 2 N–H and O–H groups in total. The van der Waals surface area contributed by atoms with Crippen LogP contribution in [-0.4, -0.2) is 66.3 Å². The number of aliphatic hydroxyl groups is 1. The summed E-state index contributed by atoms with van der Waals surface area (Å²) in [4.78, 5) is 28.4. The van der Waals surface area contributed by atoms with E-state index in [1.54, 1.807) is 26.8 Å². The minimum absolute atomic E-state index is 0.0368. The lowest BCUT2D eigenvalue weighted by atomic mass is 9.90. The van der Waals surface area contributed by atoms with Crippen LogP contribution >= 0.6 is 0 Å². The third kappa shape index (κ3) is 6.83. The molecule has 2 amide bonds. The van der Waals surface area contributed by atoms with Crippen molar-refractivity contribution in [2.24, 2.45) is 0 Å². The Morgan fingerprint density at radius 1 is 0.980 bits per heavy atom. The van der Waals surface area contributed by atoms with Crippen molar-refractivity contribution in [1.82, 2.24) is 25.2 Å². The van der Waals surface area contributed by atoms with Gasteiger partial charge in [0.2, 0.25) is 0 Å². The van der Waals surface area contributed by atoms with Crippen LogP contribution in [0, 0.1) is 28.8 Å². The third-order valence-electron chi connectivity index (χ3n) is 8.86. The first-order valence-corrected chi connectivity index (χ1v) is 16.1. The van der Waals surface area contributed by atoms with Gasteiger partial charge in [0.1, 0.15) is 28.5 Å². The first-order chi connectivity index (χ1) is 23.0. The lowest BCUT2D eigenvalue weighted by molar-refractivity contribution is 0.0417. The highest BCUT2D eigenvalue weighted by atomic mass is 19.2. The van der Waals surface area contributed by atoms with Crippen LogP contribution in [-0.2, 0) is 11.3 Å². The van der Waals surface area contributed by atoms with E-state index in [1.165, 1.54) is 50.2 Å². The number of alkyl carbamates (subject to hydrolysis) is 1. The molecule has 13 heteroatoms. The van der Waals surface area contributed by atoms with Gasteiger partial charge in [-0.3, -0.25) is 4.79 Å². The molecule has 2 bridgehead atoms. The Morgan fingerprint density at radius 2 is 1.67 bits per heavy atom. The summed E-state index contributed by atoms with van der Waals surface area (Å²) >= 11 is 0. The maximum Gasteiger partial charge on any atom is 0.407 e. The summed E-state index contributed by atoms with van der Waals surface area (Å²) in [5, 5.41) is 30.4. The van der Waals surface area contributed by atoms with Crippen molar-refractivity contribution < 1.29 is 32.6 Å². The maximum atomic E-state index is 15.9. The van der Waals surface area contributed by atoms with Gasteiger partial charge in [0.15, 0.2) is 11.6 Å². The maximum absolute atomic E-state index is 15.9. The number of hydrogen-bond donors (Lipinski definition) is 2. The fourth-order valence-electron chi connectivity index (χ4n) is 6.92. The normalized spacial score (nSPS) is 19.2. The lowest BCUT2D eigenvalue weighted by Gasteiger charge is -2.39. The molecule has 0 radical (unpaired) electrons. The zero-order valence-corrected chi connectivity index (χ0v) is 27.9. The second-order valence-corrected chi connectivity index (χ2v) is 14.5. The Balaban J connectivity index is 1.38. The molecule has 1 unspecified atom stereocenters. The second kappa shape index (κ2) is 12.5. The first-order valence-electron chi connectivity index (χ1n) is 16.1. The average molecular weight is 675 g/mol. The number of benzene rings is 3. The summed E-state index contributed by atoms with van der Waals surface area (Å²) in [6.45, 7) is 8.24. The van der Waals surface area contributed by atoms with Crippen molar-refractivity contribution >= 4 is 23.0 Å². The molecular formula is C36H37F3N6O4. The van der Waals surface area contributed by atoms with Gasteiger partial charge in [-0.05, 0) is 107 Å². The molecule has 2 fully saturated rings. The molecule has 6 rings (SSSR count). The van der Waals surface area contributed by atoms with Crippen LogP contribution in [0.5, 0.6) is 0 Å². The highest BCUT2D eigenvalue weighted by molar-refractivity contribution is 5.99. The average Bonchev–Trinajstić information content (AvgIpc) is 3.53. The minimum Gasteiger partial charge on any atom is -0.444 e. The van der Waals surface area contributed by atoms with E-state index in [0.29, 0.717) is 12.8 Å². The molecular weight excluding hydrogens is 637 g/mol. The Labute approximate surface area is 281 Å². The second-order valence-electron chi connectivity index (χ2n) is 14.5. The first kappa shape index (κ1) is 33.9. The summed E-state index contributed by atoms with van der Waals surface area (Å²) < 4.78 is 53.1. The third-order valence-corrected chi connectivity index (χ3v) is 8.86. The van der Waals surface area contributed by atoms with Gasteiger partial charge in [-0.15, -0.1) is 5.10 Å². The molecule has 0 spiro atoms. The standard InChI is InChI=1S/C36H37F3N6O4/c1-35(2,3)49-34(47)41-22-14-23-9-10-24(15-22)45(23)33(46)20-8-11-25(26(12-20)19-6-7-21(17-40)28(37)13-19)27-16-29-32(31(39)30(27)38)44(43-42-29)18-36(4,5)48/h6-8,11-13,16,22-24,48H,9-10,14-15,18H2,1-5H3,(H,41,47)/t22?,23-,24+. The minimum atomic E-state index is -1.28. The molecule has 10 nitrogen and oxygen atoms in total. The summed E-state index contributed by atoms with van der Waals surface area (Å²) in [5.41, 5.74) is -1.57. The molecule has 49 heavy (non-hydrogen) atoms. The predicted octanol–water partition coefficient (Wildman–Crippen LogP) is 6.49. The fraction of sp³-hybridized carbons (Fsp3) is 0.417. The zero-order chi connectivity index (χ0) is 35.4. The van der Waals surface area contributed by atoms with E-state index in [9.17, 15) is 24.3 Å². The molecule has 2 aliphatic heterocycles. The van der Waals surface area contributed by atoms with Crippen molar-refractivity contribution in [3.63, 3.8) is 0 Å². The number of nitrogens with zero attached hydrogens (tertiary/aromatic N) is 5. The van der Waals surface area contributed by atoms with E-state index in [4.69, 9.17) is 4.74 Å². The number of rotatable bonds is 6. The Bertz CT molecular complexity index is 1990. The molecule has 4 aromatic rings. The van der Waals surface area contributed by atoms with Crippen LogP contribution in [0.1, 0.15) is 76.2 Å². The smallest absolute Gasteiger partial charge is 0.407 e. The molecule has 0 aliphatic carbocycles. The Hall–Kier alpha value is -4.96. The number of piperidine rings is 1. The number of amides is 2. The van der Waals surface area contributed by atoms with Gasteiger partial charge in [-0.25, -0.2) is 22.6 Å². The van der Waals surface area contributed by atoms with Crippen molar-refractivity contribution in [3.8, 4) is 28.3 Å². The quantitative estimate of drug-likeness (QED) is 0.239. The van der Waals surface area contributed by atoms with Gasteiger partial charge in [0.05, 0.1) is 17.7 Å². The number of fused-ring (bicyclic) bond motifs is 3. The molecule has 0 saturated carbocycles. The molecule has 3 aromatic carbocycles. The molecule has 2 saturated heterocycles. The van der Waals surface area contributed by atoms with E-state index < -0.39 is 34.7 Å². The Kier molecular flexibility index (Phi) is 8.65. The number of ether oxygens (including phenoxy) is 1. The van der Waals surface area contributed by atoms with Crippen molar-refractivity contribution in [1.29, 1.82) is 5.26 Å². The van der Waals surface area contributed by atoms with E-state index in [2.05, 4.69) is 15.6 Å². The molecule has 2 aliphatic rings. The van der Waals surface area contributed by atoms with Gasteiger partial charge in [0.25, 0.3) is 5.91 Å². The zero-order valence-electron chi connectivity index (χ0n) is 27.9. The van der Waals surface area contributed by atoms with E-state index in [-0.39, 0.29) is 75.0 Å². The van der Waals surface area contributed by atoms with Gasteiger partial charge in [-0.1, -0.05) is 17.3 Å². The van der Waals surface area contributed by atoms with Gasteiger partial charge in [0, 0.05) is 29.3 Å². The number of hydrogen-bond acceptors (Lipinski definition) is 7. The predicted molar refractivity (Wildman–Crippen MR) is 175 cm³/mol. The summed E-state index contributed by atoms with van der Waals surface area (Å²) in [6, 6.07) is 11.1. The monoisotopic (exact) mass is 674 g/mol. The van der Waals surface area contributed by atoms with Crippen molar-refractivity contribution in [2.45, 2.75) is 96.2 Å². The van der Waals surface area contributed by atoms with Crippen LogP contribution in [0.25, 0.3) is 33.3 Å². The van der Waals surface area contributed by atoms with Crippen LogP contribution in [0.4, 0.5) is 18.0 Å². The fourth-order valence-corrected chi connectivity index (χ4v) is 6.92. The van der Waals surface area contributed by atoms with E-state index >= 15 is 8.78 Å². The molecule has 3 heterocycles. The Morgan fingerprint density at radius 3 is 2.29 bits per heavy atom. The van der Waals surface area contributed by atoms with Gasteiger partial charge in [-0.2, -0.15) is 5.26 Å². The highest BCUT2D eigenvalue weighted by Gasteiger charge is 2.44. The van der Waals surface area contributed by atoms with Crippen LogP contribution in [0.3, 0.4) is 0 Å². The van der Waals surface area contributed by atoms with Crippen LogP contribution < -0.4 is 5.32 Å². The number of nitriles is 1. The highest BCUT2D eigenvalue weighted by Crippen LogP contribution is 2.40. The number of carbonyl (C=O) groups excluding carboxylic acids is 2. The largest absolute Gasteiger partial charge is 0.444 e. The summed E-state index contributed by atoms with van der Waals surface area (Å²) in [5.74, 6) is -3.52. The molecule has 256 valence electrons. The van der Waals surface area contributed by atoms with Gasteiger partial charge >= 0.3 is 6.09 Å². The van der Waals surface area contributed by atoms with Crippen molar-refractivity contribution in [3.05, 3.63) is 71.0 Å². The number of nitrogens with one attached hydrogen (secondary N) is 1. The summed E-state index contributed by atoms with van der Waals surface area (Å²) in [6.07, 6.45) is 2.10. The number of halogens is 3. The molecule has 3 atom stereocenters. The van der Waals surface area contributed by atoms with Crippen LogP contribution in [0.2, 0.25) is 0 Å². The SMILES string of the molecule is CC(C)(O)Cn1nnc2cc(-c3ccc(C(=O)N4[C@@H]5CC[C@H]4CC(NC(=O)OC(C)(C)C)C5)cc3-c3ccc(C#N)c(F)c3)c(F)c(F)c21. The summed E-state index contributed by atoms with van der Waals surface area (Å²) in [7, 11) is 0. The lowest BCUT2D eigenvalue weighted by Crippen LogP contribution is -2.53. The van der Waals surface area contributed by atoms with Gasteiger partial charge < -0.3 is 20.1 Å². The van der Waals surface area contributed by atoms with Crippen molar-refractivity contribution in [2.75, 3.05) is 0 Å². The number of aromatic nitrogens is 3. The van der Waals surface area contributed by atoms with E-state index in [1.807, 2.05) is 4.90 Å². The topological polar surface area (TPSA) is 133 Å².